The quantitative estimate of drug-likeness (QED) is 0.835. The summed E-state index contributed by atoms with van der Waals surface area (Å²) in [6.07, 6.45) is 2.37. The van der Waals surface area contributed by atoms with Gasteiger partial charge in [0.1, 0.15) is 11.6 Å². The van der Waals surface area contributed by atoms with Crippen molar-refractivity contribution in [3.63, 3.8) is 0 Å². The molecule has 0 heterocycles. The molecule has 0 saturated heterocycles. The Balaban J connectivity index is 1.85. The van der Waals surface area contributed by atoms with Crippen LogP contribution in [0.2, 0.25) is 0 Å². The zero-order chi connectivity index (χ0) is 14.8. The Kier molecular flexibility index (Phi) is 4.22. The van der Waals surface area contributed by atoms with Gasteiger partial charge in [-0.25, -0.2) is 8.78 Å². The predicted octanol–water partition coefficient (Wildman–Crippen LogP) is 4.77. The molecule has 1 saturated carbocycles. The standard InChI is InChI=1S/C16H14BrF2NO/c17-11-2-1-10(9-20-13-4-5-13)15(7-11)21-16-8-12(18)3-6-14(16)19/h1-3,6-8,13,20H,4-5,9H2. The summed E-state index contributed by atoms with van der Waals surface area (Å²) in [7, 11) is 0. The molecule has 2 aromatic carbocycles. The van der Waals surface area contributed by atoms with E-state index in [4.69, 9.17) is 4.74 Å². The van der Waals surface area contributed by atoms with Crippen LogP contribution in [-0.2, 0) is 6.54 Å². The number of hydrogen-bond donors (Lipinski definition) is 1. The molecule has 0 radical (unpaired) electrons. The van der Waals surface area contributed by atoms with Crippen LogP contribution in [0.1, 0.15) is 18.4 Å². The molecule has 0 bridgehead atoms. The van der Waals surface area contributed by atoms with Crippen molar-refractivity contribution < 1.29 is 13.5 Å². The monoisotopic (exact) mass is 353 g/mol. The van der Waals surface area contributed by atoms with Crippen molar-refractivity contribution in [1.29, 1.82) is 0 Å². The fourth-order valence-corrected chi connectivity index (χ4v) is 2.33. The summed E-state index contributed by atoms with van der Waals surface area (Å²) in [5.41, 5.74) is 0.911. The Morgan fingerprint density at radius 3 is 2.67 bits per heavy atom. The highest BCUT2D eigenvalue weighted by Gasteiger charge is 2.21. The topological polar surface area (TPSA) is 21.3 Å². The average molecular weight is 354 g/mol. The van der Waals surface area contributed by atoms with Gasteiger partial charge < -0.3 is 10.1 Å². The van der Waals surface area contributed by atoms with Gasteiger partial charge in [0.05, 0.1) is 0 Å². The molecule has 3 rings (SSSR count). The molecule has 5 heteroatoms. The van der Waals surface area contributed by atoms with Gasteiger partial charge in [0.2, 0.25) is 0 Å². The summed E-state index contributed by atoms with van der Waals surface area (Å²) in [5, 5.41) is 3.38. The molecule has 1 fully saturated rings. The van der Waals surface area contributed by atoms with E-state index in [9.17, 15) is 8.78 Å². The second-order valence-electron chi connectivity index (χ2n) is 5.08. The van der Waals surface area contributed by atoms with Crippen LogP contribution >= 0.6 is 15.9 Å². The van der Waals surface area contributed by atoms with Crippen molar-refractivity contribution >= 4 is 15.9 Å². The van der Waals surface area contributed by atoms with Gasteiger partial charge in [-0.05, 0) is 37.1 Å². The number of nitrogens with one attached hydrogen (secondary N) is 1. The zero-order valence-corrected chi connectivity index (χ0v) is 12.8. The zero-order valence-electron chi connectivity index (χ0n) is 11.2. The van der Waals surface area contributed by atoms with Crippen LogP contribution in [0.3, 0.4) is 0 Å². The Morgan fingerprint density at radius 1 is 1.10 bits per heavy atom. The largest absolute Gasteiger partial charge is 0.454 e. The normalized spacial score (nSPS) is 14.2. The molecule has 1 N–H and O–H groups in total. The van der Waals surface area contributed by atoms with Crippen molar-refractivity contribution in [2.24, 2.45) is 0 Å². The van der Waals surface area contributed by atoms with Gasteiger partial charge in [0.25, 0.3) is 0 Å². The number of hydrogen-bond acceptors (Lipinski definition) is 2. The van der Waals surface area contributed by atoms with E-state index in [0.717, 1.165) is 28.2 Å². The maximum atomic E-state index is 13.7. The van der Waals surface area contributed by atoms with Gasteiger partial charge in [0.15, 0.2) is 11.6 Å². The van der Waals surface area contributed by atoms with Gasteiger partial charge >= 0.3 is 0 Å². The van der Waals surface area contributed by atoms with E-state index in [-0.39, 0.29) is 5.75 Å². The van der Waals surface area contributed by atoms with Crippen molar-refractivity contribution in [2.45, 2.75) is 25.4 Å². The first-order valence-electron chi connectivity index (χ1n) is 6.76. The third-order valence-corrected chi connectivity index (χ3v) is 3.79. The number of halogens is 3. The molecule has 1 aliphatic carbocycles. The molecule has 0 unspecified atom stereocenters. The second-order valence-corrected chi connectivity index (χ2v) is 6.00. The molecule has 0 aromatic heterocycles. The van der Waals surface area contributed by atoms with Crippen LogP contribution in [0.25, 0.3) is 0 Å². The minimum absolute atomic E-state index is 0.110. The lowest BCUT2D eigenvalue weighted by molar-refractivity contribution is 0.430. The lowest BCUT2D eigenvalue weighted by Crippen LogP contribution is -2.15. The van der Waals surface area contributed by atoms with E-state index in [1.807, 2.05) is 12.1 Å². The molecule has 0 amide bonds. The van der Waals surface area contributed by atoms with E-state index in [1.54, 1.807) is 6.07 Å². The molecular formula is C16H14BrF2NO. The maximum absolute atomic E-state index is 13.7. The molecular weight excluding hydrogens is 340 g/mol. The first-order valence-corrected chi connectivity index (χ1v) is 7.56. The third-order valence-electron chi connectivity index (χ3n) is 3.30. The summed E-state index contributed by atoms with van der Waals surface area (Å²) < 4.78 is 33.3. The smallest absolute Gasteiger partial charge is 0.165 e. The summed E-state index contributed by atoms with van der Waals surface area (Å²) in [4.78, 5) is 0. The molecule has 2 aromatic rings. The van der Waals surface area contributed by atoms with Crippen molar-refractivity contribution in [3.05, 3.63) is 58.1 Å². The average Bonchev–Trinajstić information content (AvgIpc) is 3.26. The van der Waals surface area contributed by atoms with E-state index in [1.165, 1.54) is 12.8 Å². The van der Waals surface area contributed by atoms with Crippen LogP contribution in [0.5, 0.6) is 11.5 Å². The SMILES string of the molecule is Fc1ccc(F)c(Oc2cc(Br)ccc2CNC2CC2)c1. The van der Waals surface area contributed by atoms with Crippen molar-refractivity contribution in [3.8, 4) is 11.5 Å². The highest BCUT2D eigenvalue weighted by molar-refractivity contribution is 9.10. The Morgan fingerprint density at radius 2 is 1.90 bits per heavy atom. The van der Waals surface area contributed by atoms with Gasteiger partial charge in [-0.1, -0.05) is 22.0 Å². The highest BCUT2D eigenvalue weighted by atomic mass is 79.9. The van der Waals surface area contributed by atoms with E-state index in [0.29, 0.717) is 18.3 Å². The Labute approximate surface area is 130 Å². The molecule has 2 nitrogen and oxygen atoms in total. The predicted molar refractivity (Wildman–Crippen MR) is 80.4 cm³/mol. The summed E-state index contributed by atoms with van der Waals surface area (Å²) >= 11 is 3.37. The van der Waals surface area contributed by atoms with Gasteiger partial charge in [-0.3, -0.25) is 0 Å². The molecule has 0 atom stereocenters. The van der Waals surface area contributed by atoms with Crippen LogP contribution in [0, 0.1) is 11.6 Å². The summed E-state index contributed by atoms with van der Waals surface area (Å²) in [5.74, 6) is -0.709. The molecule has 0 aliphatic heterocycles. The highest BCUT2D eigenvalue weighted by Crippen LogP contribution is 2.31. The third kappa shape index (κ3) is 3.80. The number of rotatable bonds is 5. The Bertz CT molecular complexity index is 659. The van der Waals surface area contributed by atoms with Crippen molar-refractivity contribution in [1.82, 2.24) is 5.32 Å². The summed E-state index contributed by atoms with van der Waals surface area (Å²) in [6.45, 7) is 0.643. The summed E-state index contributed by atoms with van der Waals surface area (Å²) in [6, 6.07) is 9.31. The van der Waals surface area contributed by atoms with Crippen molar-refractivity contribution in [2.75, 3.05) is 0 Å². The fraction of sp³-hybridized carbons (Fsp3) is 0.250. The number of benzene rings is 2. The minimum atomic E-state index is -0.586. The second kappa shape index (κ2) is 6.12. The first-order chi connectivity index (χ1) is 10.1. The van der Waals surface area contributed by atoms with Crippen LogP contribution < -0.4 is 10.1 Å². The fourth-order valence-electron chi connectivity index (χ4n) is 1.99. The lowest BCUT2D eigenvalue weighted by atomic mass is 10.2. The van der Waals surface area contributed by atoms with Crippen LogP contribution in [0.15, 0.2) is 40.9 Å². The minimum Gasteiger partial charge on any atom is -0.454 e. The first kappa shape index (κ1) is 14.5. The van der Waals surface area contributed by atoms with Gasteiger partial charge in [0, 0.05) is 28.7 Å². The van der Waals surface area contributed by atoms with E-state index in [2.05, 4.69) is 21.2 Å². The van der Waals surface area contributed by atoms with E-state index >= 15 is 0 Å². The molecule has 21 heavy (non-hydrogen) atoms. The van der Waals surface area contributed by atoms with Crippen LogP contribution in [-0.4, -0.2) is 6.04 Å². The molecule has 0 spiro atoms. The van der Waals surface area contributed by atoms with Gasteiger partial charge in [-0.2, -0.15) is 0 Å². The molecule has 110 valence electrons. The van der Waals surface area contributed by atoms with Crippen LogP contribution in [0.4, 0.5) is 8.78 Å². The van der Waals surface area contributed by atoms with Gasteiger partial charge in [-0.15, -0.1) is 0 Å². The molecule has 1 aliphatic rings. The number of ether oxygens (including phenoxy) is 1. The van der Waals surface area contributed by atoms with E-state index < -0.39 is 11.6 Å². The Hall–Kier alpha value is -1.46. The maximum Gasteiger partial charge on any atom is 0.165 e. The lowest BCUT2D eigenvalue weighted by Gasteiger charge is -2.13.